The molecule has 0 bridgehead atoms. The van der Waals surface area contributed by atoms with E-state index < -0.39 is 10.0 Å². The van der Waals surface area contributed by atoms with E-state index in [0.717, 1.165) is 30.6 Å². The molecule has 0 unspecified atom stereocenters. The van der Waals surface area contributed by atoms with Gasteiger partial charge >= 0.3 is 0 Å². The lowest BCUT2D eigenvalue weighted by molar-refractivity contribution is 0.370. The number of nitrogens with zero attached hydrogens (tertiary/aromatic N) is 4. The van der Waals surface area contributed by atoms with Crippen LogP contribution in [-0.2, 0) is 10.0 Å². The van der Waals surface area contributed by atoms with Crippen LogP contribution < -0.4 is 4.74 Å². The molecule has 0 amide bonds. The van der Waals surface area contributed by atoms with Gasteiger partial charge in [0.25, 0.3) is 10.0 Å². The third-order valence-electron chi connectivity index (χ3n) is 5.52. The van der Waals surface area contributed by atoms with Crippen molar-refractivity contribution in [3.8, 4) is 11.6 Å². The molecule has 0 spiro atoms. The summed E-state index contributed by atoms with van der Waals surface area (Å²) in [6, 6.07) is 15.8. The van der Waals surface area contributed by atoms with Crippen molar-refractivity contribution in [2.75, 3.05) is 20.1 Å². The maximum atomic E-state index is 13.5. The average molecular weight is 447 g/mol. The normalized spacial score (nSPS) is 15.0. The molecule has 0 saturated heterocycles. The number of likely N-dealkylation sites (N-methyl/N-ethyl adjacent to an activating group) is 1. The molecule has 162 valence electrons. The van der Waals surface area contributed by atoms with Crippen LogP contribution in [0.2, 0.25) is 0 Å². The summed E-state index contributed by atoms with van der Waals surface area (Å²) in [6.45, 7) is 1.75. The van der Waals surface area contributed by atoms with Crippen LogP contribution in [0.1, 0.15) is 12.0 Å². The van der Waals surface area contributed by atoms with Gasteiger partial charge in [-0.15, -0.1) is 0 Å². The molecule has 1 aromatic carbocycles. The van der Waals surface area contributed by atoms with E-state index >= 15 is 0 Å². The second kappa shape index (κ2) is 8.22. The Hall–Kier alpha value is -3.49. The zero-order chi connectivity index (χ0) is 22.1. The van der Waals surface area contributed by atoms with Crippen LogP contribution in [0.15, 0.2) is 84.2 Å². The molecule has 0 aliphatic carbocycles. The number of pyridine rings is 2. The molecule has 0 atom stereocenters. The molecular formula is C24H22N4O3S. The van der Waals surface area contributed by atoms with Gasteiger partial charge in [-0.3, -0.25) is 4.98 Å². The number of hydrogen-bond donors (Lipinski definition) is 0. The lowest BCUT2D eigenvalue weighted by atomic mass is 10.0. The summed E-state index contributed by atoms with van der Waals surface area (Å²) in [4.78, 5) is 11.0. The van der Waals surface area contributed by atoms with Crippen LogP contribution in [-0.4, -0.2) is 47.4 Å². The van der Waals surface area contributed by atoms with Gasteiger partial charge in [-0.1, -0.05) is 24.3 Å². The molecule has 0 radical (unpaired) electrons. The zero-order valence-electron chi connectivity index (χ0n) is 17.5. The number of ether oxygens (including phenoxy) is 1. The van der Waals surface area contributed by atoms with Gasteiger partial charge in [-0.2, -0.15) is 0 Å². The van der Waals surface area contributed by atoms with Gasteiger partial charge in [0.2, 0.25) is 5.88 Å². The minimum atomic E-state index is -3.86. The van der Waals surface area contributed by atoms with Crippen molar-refractivity contribution in [2.45, 2.75) is 11.3 Å². The molecule has 0 N–H and O–H groups in total. The van der Waals surface area contributed by atoms with Gasteiger partial charge in [0.15, 0.2) is 0 Å². The molecule has 4 heterocycles. The van der Waals surface area contributed by atoms with E-state index in [0.29, 0.717) is 22.7 Å². The Kier molecular flexibility index (Phi) is 5.24. The fraction of sp³-hybridized carbons (Fsp3) is 0.167. The quantitative estimate of drug-likeness (QED) is 0.458. The number of rotatable bonds is 5. The van der Waals surface area contributed by atoms with E-state index in [1.807, 2.05) is 30.3 Å². The van der Waals surface area contributed by atoms with Crippen molar-refractivity contribution in [3.05, 3.63) is 84.8 Å². The van der Waals surface area contributed by atoms with Crippen molar-refractivity contribution in [3.63, 3.8) is 0 Å². The minimum absolute atomic E-state index is 0.0857. The van der Waals surface area contributed by atoms with Gasteiger partial charge in [0, 0.05) is 37.1 Å². The standard InChI is InChI=1S/C24H22N4O3S/c1-27-14-11-18(12-15-27)21-17-28(22-8-5-13-25-24(21)22)32(29,30)20-9-10-23(26-16-20)31-19-6-3-2-4-7-19/h2-11,13,16-17H,12,14-15H2,1H3. The summed E-state index contributed by atoms with van der Waals surface area (Å²) < 4.78 is 34.0. The Morgan fingerprint density at radius 2 is 1.84 bits per heavy atom. The van der Waals surface area contributed by atoms with Crippen molar-refractivity contribution < 1.29 is 13.2 Å². The van der Waals surface area contributed by atoms with Crippen LogP contribution in [0.4, 0.5) is 0 Å². The molecule has 32 heavy (non-hydrogen) atoms. The first-order valence-electron chi connectivity index (χ1n) is 10.3. The molecular weight excluding hydrogens is 424 g/mol. The fourth-order valence-corrected chi connectivity index (χ4v) is 5.09. The van der Waals surface area contributed by atoms with Crippen LogP contribution in [0.25, 0.3) is 16.6 Å². The number of hydrogen-bond acceptors (Lipinski definition) is 6. The molecule has 1 aliphatic rings. The smallest absolute Gasteiger partial charge is 0.269 e. The largest absolute Gasteiger partial charge is 0.439 e. The van der Waals surface area contributed by atoms with Gasteiger partial charge in [-0.05, 0) is 49.4 Å². The molecule has 0 fully saturated rings. The van der Waals surface area contributed by atoms with E-state index in [1.165, 1.54) is 16.2 Å². The summed E-state index contributed by atoms with van der Waals surface area (Å²) in [7, 11) is -1.80. The van der Waals surface area contributed by atoms with Crippen molar-refractivity contribution >= 4 is 26.6 Å². The lowest BCUT2D eigenvalue weighted by Crippen LogP contribution is -2.23. The maximum absolute atomic E-state index is 13.5. The van der Waals surface area contributed by atoms with E-state index in [-0.39, 0.29) is 4.90 Å². The molecule has 4 aromatic rings. The highest BCUT2D eigenvalue weighted by molar-refractivity contribution is 7.90. The monoisotopic (exact) mass is 446 g/mol. The van der Waals surface area contributed by atoms with E-state index in [2.05, 4.69) is 28.0 Å². The van der Waals surface area contributed by atoms with Gasteiger partial charge in [0.1, 0.15) is 10.6 Å². The van der Waals surface area contributed by atoms with Crippen LogP contribution in [0, 0.1) is 0 Å². The third kappa shape index (κ3) is 3.79. The zero-order valence-corrected chi connectivity index (χ0v) is 18.4. The summed E-state index contributed by atoms with van der Waals surface area (Å²) in [5, 5.41) is 0. The van der Waals surface area contributed by atoms with Gasteiger partial charge in [0.05, 0.1) is 17.2 Å². The second-order valence-corrected chi connectivity index (χ2v) is 9.52. The van der Waals surface area contributed by atoms with Crippen LogP contribution >= 0.6 is 0 Å². The first-order chi connectivity index (χ1) is 15.5. The van der Waals surface area contributed by atoms with Crippen LogP contribution in [0.5, 0.6) is 11.6 Å². The summed E-state index contributed by atoms with van der Waals surface area (Å²) in [6.07, 6.45) is 7.68. The summed E-state index contributed by atoms with van der Waals surface area (Å²) in [5.74, 6) is 0.959. The number of para-hydroxylation sites is 1. The lowest BCUT2D eigenvalue weighted by Gasteiger charge is -2.21. The van der Waals surface area contributed by atoms with Crippen molar-refractivity contribution in [1.82, 2.24) is 18.8 Å². The van der Waals surface area contributed by atoms with E-state index in [9.17, 15) is 8.42 Å². The van der Waals surface area contributed by atoms with Crippen molar-refractivity contribution in [1.29, 1.82) is 0 Å². The summed E-state index contributed by atoms with van der Waals surface area (Å²) >= 11 is 0. The SMILES string of the molecule is CN1CC=C(c2cn(S(=O)(=O)c3ccc(Oc4ccccc4)nc3)c3cccnc23)CC1. The third-order valence-corrected chi connectivity index (χ3v) is 7.17. The molecule has 3 aromatic heterocycles. The first kappa shape index (κ1) is 20.4. The van der Waals surface area contributed by atoms with E-state index in [4.69, 9.17) is 4.74 Å². The average Bonchev–Trinajstić information content (AvgIpc) is 3.21. The van der Waals surface area contributed by atoms with Crippen molar-refractivity contribution in [2.24, 2.45) is 0 Å². The molecule has 8 heteroatoms. The number of fused-ring (bicyclic) bond motifs is 1. The minimum Gasteiger partial charge on any atom is -0.439 e. The highest BCUT2D eigenvalue weighted by Gasteiger charge is 2.24. The van der Waals surface area contributed by atoms with Gasteiger partial charge in [-0.25, -0.2) is 17.4 Å². The highest BCUT2D eigenvalue weighted by Crippen LogP contribution is 2.32. The van der Waals surface area contributed by atoms with E-state index in [1.54, 1.807) is 30.6 Å². The Morgan fingerprint density at radius 3 is 2.56 bits per heavy atom. The topological polar surface area (TPSA) is 77.3 Å². The second-order valence-electron chi connectivity index (χ2n) is 7.70. The highest BCUT2D eigenvalue weighted by atomic mass is 32.2. The Morgan fingerprint density at radius 1 is 1.00 bits per heavy atom. The number of benzene rings is 1. The molecule has 1 aliphatic heterocycles. The fourth-order valence-electron chi connectivity index (χ4n) is 3.78. The number of aromatic nitrogens is 3. The Bertz CT molecular complexity index is 1390. The molecule has 0 saturated carbocycles. The molecule has 7 nitrogen and oxygen atoms in total. The Labute approximate surface area is 186 Å². The summed E-state index contributed by atoms with van der Waals surface area (Å²) in [5.41, 5.74) is 3.20. The maximum Gasteiger partial charge on any atom is 0.269 e. The predicted octanol–water partition coefficient (Wildman–Crippen LogP) is 4.18. The first-order valence-corrected chi connectivity index (χ1v) is 11.7. The van der Waals surface area contributed by atoms with Crippen LogP contribution in [0.3, 0.4) is 0 Å². The molecule has 5 rings (SSSR count). The predicted molar refractivity (Wildman–Crippen MR) is 123 cm³/mol. The Balaban J connectivity index is 1.52. The van der Waals surface area contributed by atoms with Gasteiger partial charge < -0.3 is 9.64 Å².